The molecule has 0 saturated carbocycles. The summed E-state index contributed by atoms with van der Waals surface area (Å²) in [5, 5.41) is 8.83. The summed E-state index contributed by atoms with van der Waals surface area (Å²) < 4.78 is 1.88. The number of nitrogens with zero attached hydrogens (tertiary/aromatic N) is 3. The average molecular weight is 298 g/mol. The molecule has 0 amide bonds. The van der Waals surface area contributed by atoms with Crippen LogP contribution in [0.3, 0.4) is 0 Å². The van der Waals surface area contributed by atoms with Gasteiger partial charge in [0.2, 0.25) is 0 Å². The number of hydrogen-bond donors (Lipinski definition) is 1. The number of hydrogen-bond acceptors (Lipinski definition) is 4. The fourth-order valence-corrected chi connectivity index (χ4v) is 2.92. The maximum absolute atomic E-state index is 4.50. The first-order valence-corrected chi connectivity index (χ1v) is 7.94. The first kappa shape index (κ1) is 14.0. The minimum atomic E-state index is 0.887. The first-order valence-electron chi connectivity index (χ1n) is 7.12. The average Bonchev–Trinajstić information content (AvgIpc) is 3.17. The lowest BCUT2D eigenvalue weighted by Gasteiger charge is -1.98. The molecule has 0 aliphatic rings. The standard InChI is InChI=1S/C16H18N4S/c1-2-8-17-10-15-11-18-16(21-15)13-9-19-20(12-13)14-6-4-3-5-7-14/h3-7,9,11-12,17H,2,8,10H2,1H3. The number of aromatic nitrogens is 3. The Morgan fingerprint density at radius 2 is 2.05 bits per heavy atom. The Morgan fingerprint density at radius 1 is 1.19 bits per heavy atom. The molecule has 0 aliphatic heterocycles. The van der Waals surface area contributed by atoms with Gasteiger partial charge in [-0.1, -0.05) is 25.1 Å². The van der Waals surface area contributed by atoms with E-state index in [2.05, 4.69) is 22.3 Å². The van der Waals surface area contributed by atoms with Crippen LogP contribution in [0.15, 0.2) is 48.9 Å². The van der Waals surface area contributed by atoms with Crippen LogP contribution in [0.25, 0.3) is 16.3 Å². The van der Waals surface area contributed by atoms with Crippen molar-refractivity contribution in [1.82, 2.24) is 20.1 Å². The van der Waals surface area contributed by atoms with Crippen LogP contribution in [-0.2, 0) is 6.54 Å². The molecule has 4 nitrogen and oxygen atoms in total. The topological polar surface area (TPSA) is 42.7 Å². The van der Waals surface area contributed by atoms with Crippen molar-refractivity contribution in [3.63, 3.8) is 0 Å². The molecule has 3 rings (SSSR count). The molecule has 0 spiro atoms. The molecule has 108 valence electrons. The third-order valence-electron chi connectivity index (χ3n) is 3.13. The Bertz CT molecular complexity index is 687. The second-order valence-electron chi connectivity index (χ2n) is 4.82. The lowest BCUT2D eigenvalue weighted by molar-refractivity contribution is 0.681. The van der Waals surface area contributed by atoms with Crippen molar-refractivity contribution in [2.75, 3.05) is 6.54 Å². The number of rotatable bonds is 6. The molecule has 5 heteroatoms. The van der Waals surface area contributed by atoms with Gasteiger partial charge in [-0.2, -0.15) is 5.10 Å². The summed E-state index contributed by atoms with van der Waals surface area (Å²) in [5.41, 5.74) is 2.12. The van der Waals surface area contributed by atoms with Gasteiger partial charge >= 0.3 is 0 Å². The molecule has 0 unspecified atom stereocenters. The van der Waals surface area contributed by atoms with E-state index >= 15 is 0 Å². The quantitative estimate of drug-likeness (QED) is 0.708. The zero-order chi connectivity index (χ0) is 14.5. The Labute approximate surface area is 128 Å². The number of para-hydroxylation sites is 1. The molecule has 2 aromatic heterocycles. The Balaban J connectivity index is 1.74. The van der Waals surface area contributed by atoms with Crippen LogP contribution in [0.5, 0.6) is 0 Å². The summed E-state index contributed by atoms with van der Waals surface area (Å²) in [5.74, 6) is 0. The largest absolute Gasteiger partial charge is 0.312 e. The normalized spacial score (nSPS) is 10.9. The van der Waals surface area contributed by atoms with Crippen LogP contribution in [0.1, 0.15) is 18.2 Å². The SMILES string of the molecule is CCCNCc1cnc(-c2cnn(-c3ccccc3)c2)s1. The van der Waals surface area contributed by atoms with Gasteiger partial charge < -0.3 is 5.32 Å². The molecule has 21 heavy (non-hydrogen) atoms. The highest BCUT2D eigenvalue weighted by atomic mass is 32.1. The fourth-order valence-electron chi connectivity index (χ4n) is 2.07. The Morgan fingerprint density at radius 3 is 2.86 bits per heavy atom. The van der Waals surface area contributed by atoms with Gasteiger partial charge in [-0.15, -0.1) is 11.3 Å². The van der Waals surface area contributed by atoms with Gasteiger partial charge in [-0.3, -0.25) is 0 Å². The van der Waals surface area contributed by atoms with E-state index in [0.29, 0.717) is 0 Å². The van der Waals surface area contributed by atoms with E-state index < -0.39 is 0 Å². The maximum Gasteiger partial charge on any atom is 0.126 e. The van der Waals surface area contributed by atoms with E-state index in [1.165, 1.54) is 4.88 Å². The summed E-state index contributed by atoms with van der Waals surface area (Å²) in [7, 11) is 0. The molecular weight excluding hydrogens is 280 g/mol. The predicted molar refractivity (Wildman–Crippen MR) is 86.7 cm³/mol. The summed E-state index contributed by atoms with van der Waals surface area (Å²) in [6.07, 6.45) is 6.99. The van der Waals surface area contributed by atoms with E-state index in [9.17, 15) is 0 Å². The molecule has 0 saturated heterocycles. The fraction of sp³-hybridized carbons (Fsp3) is 0.250. The van der Waals surface area contributed by atoms with Crippen molar-refractivity contribution in [1.29, 1.82) is 0 Å². The van der Waals surface area contributed by atoms with E-state index in [-0.39, 0.29) is 0 Å². The van der Waals surface area contributed by atoms with Gasteiger partial charge in [-0.25, -0.2) is 9.67 Å². The molecule has 0 fully saturated rings. The van der Waals surface area contributed by atoms with E-state index in [4.69, 9.17) is 0 Å². The summed E-state index contributed by atoms with van der Waals surface area (Å²) in [4.78, 5) is 5.75. The maximum atomic E-state index is 4.50. The van der Waals surface area contributed by atoms with Crippen LogP contribution in [0.2, 0.25) is 0 Å². The van der Waals surface area contributed by atoms with Gasteiger partial charge in [-0.05, 0) is 25.1 Å². The predicted octanol–water partition coefficient (Wildman–Crippen LogP) is 3.50. The lowest BCUT2D eigenvalue weighted by atomic mass is 10.3. The second kappa shape index (κ2) is 6.65. The van der Waals surface area contributed by atoms with Gasteiger partial charge in [0.1, 0.15) is 5.01 Å². The van der Waals surface area contributed by atoms with Crippen molar-refractivity contribution >= 4 is 11.3 Å². The van der Waals surface area contributed by atoms with Gasteiger partial charge in [0.15, 0.2) is 0 Å². The van der Waals surface area contributed by atoms with Crippen molar-refractivity contribution in [3.05, 3.63) is 53.8 Å². The van der Waals surface area contributed by atoms with Crippen molar-refractivity contribution in [2.24, 2.45) is 0 Å². The van der Waals surface area contributed by atoms with Crippen molar-refractivity contribution in [2.45, 2.75) is 19.9 Å². The number of thiazole rings is 1. The van der Waals surface area contributed by atoms with Crippen LogP contribution >= 0.6 is 11.3 Å². The molecule has 2 heterocycles. The summed E-state index contributed by atoms with van der Waals surface area (Å²) in [6, 6.07) is 10.1. The van der Waals surface area contributed by atoms with Gasteiger partial charge in [0, 0.05) is 29.4 Å². The third-order valence-corrected chi connectivity index (χ3v) is 4.18. The highest BCUT2D eigenvalue weighted by Gasteiger charge is 2.08. The van der Waals surface area contributed by atoms with Gasteiger partial charge in [0.25, 0.3) is 0 Å². The molecule has 0 bridgehead atoms. The molecule has 3 aromatic rings. The van der Waals surface area contributed by atoms with Crippen LogP contribution in [0, 0.1) is 0 Å². The first-order chi connectivity index (χ1) is 10.4. The minimum Gasteiger partial charge on any atom is -0.312 e. The summed E-state index contributed by atoms with van der Waals surface area (Å²) in [6.45, 7) is 4.10. The highest BCUT2D eigenvalue weighted by molar-refractivity contribution is 7.15. The Hall–Kier alpha value is -1.98. The lowest BCUT2D eigenvalue weighted by Crippen LogP contribution is -2.12. The zero-order valence-electron chi connectivity index (χ0n) is 12.0. The molecule has 1 N–H and O–H groups in total. The van der Waals surface area contributed by atoms with Crippen LogP contribution < -0.4 is 5.32 Å². The molecule has 0 aliphatic carbocycles. The van der Waals surface area contributed by atoms with Crippen LogP contribution in [0.4, 0.5) is 0 Å². The molecule has 0 radical (unpaired) electrons. The number of nitrogens with one attached hydrogen (secondary N) is 1. The highest BCUT2D eigenvalue weighted by Crippen LogP contribution is 2.25. The number of benzene rings is 1. The van der Waals surface area contributed by atoms with E-state index in [1.54, 1.807) is 11.3 Å². The zero-order valence-corrected chi connectivity index (χ0v) is 12.8. The smallest absolute Gasteiger partial charge is 0.126 e. The monoisotopic (exact) mass is 298 g/mol. The summed E-state index contributed by atoms with van der Waals surface area (Å²) >= 11 is 1.72. The molecule has 0 atom stereocenters. The minimum absolute atomic E-state index is 0.887. The second-order valence-corrected chi connectivity index (χ2v) is 5.93. The molecule has 1 aromatic carbocycles. The van der Waals surface area contributed by atoms with Gasteiger partial charge in [0.05, 0.1) is 11.9 Å². The Kier molecular flexibility index (Phi) is 4.43. The van der Waals surface area contributed by atoms with E-state index in [0.717, 1.165) is 35.8 Å². The third kappa shape index (κ3) is 3.37. The van der Waals surface area contributed by atoms with Crippen LogP contribution in [-0.4, -0.2) is 21.3 Å². The van der Waals surface area contributed by atoms with E-state index in [1.807, 2.05) is 53.6 Å². The molecular formula is C16H18N4S. The van der Waals surface area contributed by atoms with Crippen molar-refractivity contribution in [3.8, 4) is 16.3 Å². The van der Waals surface area contributed by atoms with Crippen molar-refractivity contribution < 1.29 is 0 Å².